The molecule has 0 atom stereocenters. The zero-order chi connectivity index (χ0) is 21.0. The number of hydrogen-bond acceptors (Lipinski definition) is 4. The van der Waals surface area contributed by atoms with Crippen molar-refractivity contribution in [3.8, 4) is 5.75 Å². The summed E-state index contributed by atoms with van der Waals surface area (Å²) in [6.07, 6.45) is 0.564. The number of likely N-dealkylation sites (tertiary alicyclic amines) is 1. The maximum atomic E-state index is 12.6. The van der Waals surface area contributed by atoms with Gasteiger partial charge in [0.05, 0.1) is 13.1 Å². The third-order valence-electron chi connectivity index (χ3n) is 4.93. The zero-order valence-corrected chi connectivity index (χ0v) is 17.1. The summed E-state index contributed by atoms with van der Waals surface area (Å²) in [7, 11) is 1.74. The number of rotatable bonds is 7. The van der Waals surface area contributed by atoms with Crippen molar-refractivity contribution in [1.82, 2.24) is 9.80 Å². The fourth-order valence-corrected chi connectivity index (χ4v) is 3.37. The molecule has 1 heterocycles. The van der Waals surface area contributed by atoms with E-state index in [9.17, 15) is 14.4 Å². The monoisotopic (exact) mass is 394 g/mol. The van der Waals surface area contributed by atoms with E-state index in [1.54, 1.807) is 36.2 Å². The summed E-state index contributed by atoms with van der Waals surface area (Å²) in [4.78, 5) is 38.9. The summed E-state index contributed by atoms with van der Waals surface area (Å²) in [5.41, 5.74) is 3.66. The molecule has 1 aliphatic heterocycles. The number of imide groups is 1. The lowest BCUT2D eigenvalue weighted by Crippen LogP contribution is -2.31. The van der Waals surface area contributed by atoms with Crippen LogP contribution in [0, 0.1) is 13.8 Å². The standard InChI is InChI=1S/C23H26N2O4/c1-16-12-17(2)14-20(13-16)29-11-10-24(3)23(28)19-6-4-18(5-7-19)15-25-21(26)8-9-22(25)27/h4-7,12-14H,8-11,15H2,1-3H3. The van der Waals surface area contributed by atoms with Gasteiger partial charge in [0.15, 0.2) is 0 Å². The molecule has 2 aromatic rings. The minimum absolute atomic E-state index is 0.103. The Kier molecular flexibility index (Phi) is 6.32. The van der Waals surface area contributed by atoms with Crippen LogP contribution in [0.15, 0.2) is 42.5 Å². The van der Waals surface area contributed by atoms with Crippen molar-refractivity contribution in [3.63, 3.8) is 0 Å². The van der Waals surface area contributed by atoms with E-state index in [4.69, 9.17) is 4.74 Å². The van der Waals surface area contributed by atoms with E-state index >= 15 is 0 Å². The molecule has 0 saturated carbocycles. The first kappa shape index (κ1) is 20.6. The van der Waals surface area contributed by atoms with Crippen molar-refractivity contribution in [2.24, 2.45) is 0 Å². The summed E-state index contributed by atoms with van der Waals surface area (Å²) in [6.45, 7) is 5.17. The van der Waals surface area contributed by atoms with Crippen LogP contribution in [-0.2, 0) is 16.1 Å². The van der Waals surface area contributed by atoms with Crippen LogP contribution < -0.4 is 4.74 Å². The third kappa shape index (κ3) is 5.22. The van der Waals surface area contributed by atoms with Gasteiger partial charge in [-0.05, 0) is 54.8 Å². The van der Waals surface area contributed by atoms with E-state index in [2.05, 4.69) is 6.07 Å². The quantitative estimate of drug-likeness (QED) is 0.677. The Hall–Kier alpha value is -3.15. The SMILES string of the molecule is Cc1cc(C)cc(OCCN(C)C(=O)c2ccc(CN3C(=O)CCC3=O)cc2)c1. The van der Waals surface area contributed by atoms with Crippen molar-refractivity contribution in [2.75, 3.05) is 20.2 Å². The van der Waals surface area contributed by atoms with Gasteiger partial charge < -0.3 is 9.64 Å². The number of benzene rings is 2. The Labute approximate surface area is 171 Å². The van der Waals surface area contributed by atoms with Crippen LogP contribution in [0.4, 0.5) is 0 Å². The topological polar surface area (TPSA) is 66.9 Å². The second kappa shape index (κ2) is 8.90. The number of aryl methyl sites for hydroxylation is 2. The Balaban J connectivity index is 1.52. The van der Waals surface area contributed by atoms with Gasteiger partial charge in [0.1, 0.15) is 12.4 Å². The summed E-state index contributed by atoms with van der Waals surface area (Å²) >= 11 is 0. The normalized spacial score (nSPS) is 13.7. The van der Waals surface area contributed by atoms with Gasteiger partial charge in [0, 0.05) is 25.5 Å². The van der Waals surface area contributed by atoms with E-state index in [1.165, 1.54) is 4.90 Å². The molecule has 1 fully saturated rings. The zero-order valence-electron chi connectivity index (χ0n) is 17.1. The lowest BCUT2D eigenvalue weighted by molar-refractivity contribution is -0.139. The fourth-order valence-electron chi connectivity index (χ4n) is 3.37. The number of amides is 3. The van der Waals surface area contributed by atoms with E-state index in [0.717, 1.165) is 22.4 Å². The molecular weight excluding hydrogens is 368 g/mol. The highest BCUT2D eigenvalue weighted by Gasteiger charge is 2.28. The average molecular weight is 394 g/mol. The third-order valence-corrected chi connectivity index (χ3v) is 4.93. The molecule has 1 aliphatic rings. The molecule has 6 heteroatoms. The first-order valence-corrected chi connectivity index (χ1v) is 9.72. The number of likely N-dealkylation sites (N-methyl/N-ethyl adjacent to an activating group) is 1. The lowest BCUT2D eigenvalue weighted by Gasteiger charge is -2.18. The minimum atomic E-state index is -0.140. The molecule has 0 radical (unpaired) electrons. The van der Waals surface area contributed by atoms with Gasteiger partial charge in [-0.15, -0.1) is 0 Å². The Morgan fingerprint density at radius 2 is 1.59 bits per heavy atom. The van der Waals surface area contributed by atoms with Crippen LogP contribution in [-0.4, -0.2) is 47.7 Å². The van der Waals surface area contributed by atoms with E-state index in [-0.39, 0.29) is 37.1 Å². The summed E-state index contributed by atoms with van der Waals surface area (Å²) in [6, 6.07) is 13.1. The molecule has 3 amide bonds. The highest BCUT2D eigenvalue weighted by molar-refractivity contribution is 6.01. The molecule has 0 aromatic heterocycles. The summed E-state index contributed by atoms with van der Waals surface area (Å²) in [5.74, 6) is 0.421. The predicted octanol–water partition coefficient (Wildman–Crippen LogP) is 3.10. The molecule has 3 rings (SSSR count). The molecule has 0 spiro atoms. The molecule has 29 heavy (non-hydrogen) atoms. The maximum absolute atomic E-state index is 12.6. The van der Waals surface area contributed by atoms with Gasteiger partial charge in [-0.1, -0.05) is 18.2 Å². The van der Waals surface area contributed by atoms with Gasteiger partial charge in [0.25, 0.3) is 5.91 Å². The van der Waals surface area contributed by atoms with Crippen LogP contribution in [0.3, 0.4) is 0 Å². The Morgan fingerprint density at radius 3 is 2.17 bits per heavy atom. The molecule has 1 saturated heterocycles. The molecule has 0 unspecified atom stereocenters. The van der Waals surface area contributed by atoms with Crippen molar-refractivity contribution in [1.29, 1.82) is 0 Å². The van der Waals surface area contributed by atoms with E-state index < -0.39 is 0 Å². The maximum Gasteiger partial charge on any atom is 0.253 e. The number of nitrogens with zero attached hydrogens (tertiary/aromatic N) is 2. The Morgan fingerprint density at radius 1 is 1.00 bits per heavy atom. The smallest absolute Gasteiger partial charge is 0.253 e. The number of ether oxygens (including phenoxy) is 1. The summed E-state index contributed by atoms with van der Waals surface area (Å²) < 4.78 is 5.77. The van der Waals surface area contributed by atoms with Crippen molar-refractivity contribution >= 4 is 17.7 Å². The molecule has 2 aromatic carbocycles. The largest absolute Gasteiger partial charge is 0.492 e. The number of carbonyl (C=O) groups is 3. The molecule has 0 aliphatic carbocycles. The first-order chi connectivity index (χ1) is 13.8. The molecule has 152 valence electrons. The molecular formula is C23H26N2O4. The van der Waals surface area contributed by atoms with Crippen LogP contribution in [0.5, 0.6) is 5.75 Å². The van der Waals surface area contributed by atoms with E-state index in [1.807, 2.05) is 26.0 Å². The second-order valence-corrected chi connectivity index (χ2v) is 7.47. The van der Waals surface area contributed by atoms with Crippen LogP contribution >= 0.6 is 0 Å². The van der Waals surface area contributed by atoms with Gasteiger partial charge >= 0.3 is 0 Å². The van der Waals surface area contributed by atoms with Gasteiger partial charge in [0.2, 0.25) is 11.8 Å². The molecule has 6 nitrogen and oxygen atoms in total. The van der Waals surface area contributed by atoms with Crippen LogP contribution in [0.25, 0.3) is 0 Å². The number of hydrogen-bond donors (Lipinski definition) is 0. The van der Waals surface area contributed by atoms with Crippen LogP contribution in [0.2, 0.25) is 0 Å². The summed E-state index contributed by atoms with van der Waals surface area (Å²) in [5, 5.41) is 0. The van der Waals surface area contributed by atoms with Crippen molar-refractivity contribution in [3.05, 3.63) is 64.7 Å². The average Bonchev–Trinajstić information content (AvgIpc) is 2.99. The molecule has 0 N–H and O–H groups in total. The van der Waals surface area contributed by atoms with E-state index in [0.29, 0.717) is 18.7 Å². The Bertz CT molecular complexity index is 885. The van der Waals surface area contributed by atoms with Gasteiger partial charge in [-0.2, -0.15) is 0 Å². The van der Waals surface area contributed by atoms with Crippen molar-refractivity contribution in [2.45, 2.75) is 33.2 Å². The lowest BCUT2D eigenvalue weighted by atomic mass is 10.1. The first-order valence-electron chi connectivity index (χ1n) is 9.72. The van der Waals surface area contributed by atoms with Gasteiger partial charge in [-0.25, -0.2) is 0 Å². The fraction of sp³-hybridized carbons (Fsp3) is 0.348. The minimum Gasteiger partial charge on any atom is -0.492 e. The highest BCUT2D eigenvalue weighted by Crippen LogP contribution is 2.17. The van der Waals surface area contributed by atoms with Crippen LogP contribution in [0.1, 0.15) is 39.9 Å². The highest BCUT2D eigenvalue weighted by atomic mass is 16.5. The van der Waals surface area contributed by atoms with Gasteiger partial charge in [-0.3, -0.25) is 19.3 Å². The van der Waals surface area contributed by atoms with Crippen molar-refractivity contribution < 1.29 is 19.1 Å². The predicted molar refractivity (Wildman–Crippen MR) is 110 cm³/mol. The molecule has 0 bridgehead atoms. The number of carbonyl (C=O) groups excluding carboxylic acids is 3. The second-order valence-electron chi connectivity index (χ2n) is 7.47.